The third-order valence-electron chi connectivity index (χ3n) is 6.77. The Morgan fingerprint density at radius 1 is 1.03 bits per heavy atom. The van der Waals surface area contributed by atoms with E-state index in [0.29, 0.717) is 50.3 Å². The standard InChI is InChI=1S/C30H37ClN4O4/c1-20(2)27-30(38)34-25(14-15-32)29(37)33-16-6-10-22-9-3-4-13-26(22)39-17-7-11-23(28(36)35-27)18-21-8-5-12-24(31)19-21/h3-5,8-9,12-13,19-20,23,25,27H,6-7,10-11,14,16-18H2,1-2H3,(H,33,37)(H,34,38)(H,35,36)/t23-,25+,27-/m1/s1. The van der Waals surface area contributed by atoms with Crippen LogP contribution in [0.1, 0.15) is 50.7 Å². The van der Waals surface area contributed by atoms with Crippen molar-refractivity contribution in [1.82, 2.24) is 16.0 Å². The second-order valence-corrected chi connectivity index (χ2v) is 10.6. The molecule has 0 aliphatic carbocycles. The van der Waals surface area contributed by atoms with E-state index in [1.807, 2.05) is 62.4 Å². The van der Waals surface area contributed by atoms with Gasteiger partial charge >= 0.3 is 0 Å². The van der Waals surface area contributed by atoms with E-state index in [-0.39, 0.29) is 18.2 Å². The maximum absolute atomic E-state index is 13.5. The lowest BCUT2D eigenvalue weighted by Gasteiger charge is -2.27. The van der Waals surface area contributed by atoms with E-state index >= 15 is 0 Å². The zero-order chi connectivity index (χ0) is 28.2. The number of hydrogen-bond donors (Lipinski definition) is 3. The molecule has 2 aromatic carbocycles. The van der Waals surface area contributed by atoms with Crippen molar-refractivity contribution >= 4 is 29.3 Å². The third-order valence-corrected chi connectivity index (χ3v) is 7.00. The van der Waals surface area contributed by atoms with Crippen LogP contribution in [0.5, 0.6) is 5.75 Å². The van der Waals surface area contributed by atoms with Gasteiger partial charge in [0.1, 0.15) is 17.8 Å². The van der Waals surface area contributed by atoms with Crippen LogP contribution in [-0.4, -0.2) is 43.0 Å². The predicted octanol–water partition coefficient (Wildman–Crippen LogP) is 3.96. The van der Waals surface area contributed by atoms with E-state index in [0.717, 1.165) is 16.9 Å². The first-order chi connectivity index (χ1) is 18.8. The molecule has 9 heteroatoms. The van der Waals surface area contributed by atoms with Gasteiger partial charge in [0.2, 0.25) is 17.7 Å². The highest BCUT2D eigenvalue weighted by molar-refractivity contribution is 6.30. The molecule has 0 unspecified atom stereocenters. The molecule has 3 atom stereocenters. The molecule has 0 fully saturated rings. The fraction of sp³-hybridized carbons (Fsp3) is 0.467. The third kappa shape index (κ3) is 9.29. The van der Waals surface area contributed by atoms with Gasteiger partial charge in [-0.2, -0.15) is 5.26 Å². The molecule has 3 N–H and O–H groups in total. The van der Waals surface area contributed by atoms with E-state index in [1.165, 1.54) is 0 Å². The van der Waals surface area contributed by atoms with E-state index in [1.54, 1.807) is 6.07 Å². The maximum Gasteiger partial charge on any atom is 0.243 e. The minimum absolute atomic E-state index is 0.176. The number of carbonyl (C=O) groups is 3. The average molecular weight is 553 g/mol. The fourth-order valence-corrected chi connectivity index (χ4v) is 4.83. The first-order valence-corrected chi connectivity index (χ1v) is 13.9. The minimum atomic E-state index is -1.02. The normalized spacial score (nSPS) is 21.7. The number of carbonyl (C=O) groups excluding carboxylic acids is 3. The number of fused-ring (bicyclic) bond motifs is 1. The van der Waals surface area contributed by atoms with E-state index in [4.69, 9.17) is 16.3 Å². The summed E-state index contributed by atoms with van der Waals surface area (Å²) in [4.78, 5) is 39.6. The molecule has 0 radical (unpaired) electrons. The predicted molar refractivity (Wildman–Crippen MR) is 150 cm³/mol. The molecule has 0 bridgehead atoms. The summed E-state index contributed by atoms with van der Waals surface area (Å²) in [5.74, 6) is -1.05. The van der Waals surface area contributed by atoms with Crippen LogP contribution in [0.3, 0.4) is 0 Å². The lowest BCUT2D eigenvalue weighted by atomic mass is 9.92. The van der Waals surface area contributed by atoms with Crippen LogP contribution in [0.25, 0.3) is 0 Å². The Morgan fingerprint density at radius 2 is 1.82 bits per heavy atom. The first kappa shape index (κ1) is 30.0. The van der Waals surface area contributed by atoms with Gasteiger partial charge in [0.25, 0.3) is 0 Å². The van der Waals surface area contributed by atoms with Crippen LogP contribution in [-0.2, 0) is 27.2 Å². The molecule has 3 rings (SSSR count). The van der Waals surface area contributed by atoms with E-state index < -0.39 is 29.8 Å². The van der Waals surface area contributed by atoms with Gasteiger partial charge in [0.15, 0.2) is 0 Å². The Bertz CT molecular complexity index is 1180. The summed E-state index contributed by atoms with van der Waals surface area (Å²) in [5.41, 5.74) is 1.95. The monoisotopic (exact) mass is 552 g/mol. The lowest BCUT2D eigenvalue weighted by molar-refractivity contribution is -0.134. The van der Waals surface area contributed by atoms with Gasteiger partial charge in [-0.3, -0.25) is 14.4 Å². The number of halogens is 1. The molecule has 3 amide bonds. The number of amides is 3. The zero-order valence-electron chi connectivity index (χ0n) is 22.5. The number of hydrogen-bond acceptors (Lipinski definition) is 5. The van der Waals surface area contributed by atoms with Gasteiger partial charge in [0.05, 0.1) is 19.1 Å². The fourth-order valence-electron chi connectivity index (χ4n) is 4.62. The van der Waals surface area contributed by atoms with Crippen LogP contribution in [0.2, 0.25) is 5.02 Å². The smallest absolute Gasteiger partial charge is 0.243 e. The highest BCUT2D eigenvalue weighted by atomic mass is 35.5. The molecule has 0 saturated heterocycles. The topological polar surface area (TPSA) is 120 Å². The highest BCUT2D eigenvalue weighted by Gasteiger charge is 2.31. The van der Waals surface area contributed by atoms with Gasteiger partial charge < -0.3 is 20.7 Å². The SMILES string of the molecule is CC(C)[C@H]1NC(=O)[C@@H](Cc2cccc(Cl)c2)CCCOc2ccccc2CCCNC(=O)[C@H](CC#N)NC1=O. The number of nitrogens with one attached hydrogen (secondary N) is 3. The van der Waals surface area contributed by atoms with E-state index in [9.17, 15) is 19.6 Å². The molecule has 39 heavy (non-hydrogen) atoms. The zero-order valence-corrected chi connectivity index (χ0v) is 23.3. The summed E-state index contributed by atoms with van der Waals surface area (Å²) in [6, 6.07) is 15.3. The first-order valence-electron chi connectivity index (χ1n) is 13.5. The number of rotatable bonds is 4. The van der Waals surface area contributed by atoms with Crippen molar-refractivity contribution in [2.45, 2.75) is 64.5 Å². The molecule has 0 aromatic heterocycles. The van der Waals surface area contributed by atoms with Crippen molar-refractivity contribution in [3.8, 4) is 11.8 Å². The molecular formula is C30H37ClN4O4. The van der Waals surface area contributed by atoms with Gasteiger partial charge in [0, 0.05) is 17.5 Å². The number of nitriles is 1. The molecule has 1 aliphatic rings. The van der Waals surface area contributed by atoms with Crippen LogP contribution in [0.4, 0.5) is 0 Å². The van der Waals surface area contributed by atoms with Gasteiger partial charge in [-0.05, 0) is 67.3 Å². The van der Waals surface area contributed by atoms with Crippen LogP contribution in [0, 0.1) is 23.2 Å². The number of nitrogens with zero attached hydrogens (tertiary/aromatic N) is 1. The molecule has 2 aromatic rings. The maximum atomic E-state index is 13.5. The number of ether oxygens (including phenoxy) is 1. The number of aryl methyl sites for hydroxylation is 1. The van der Waals surface area contributed by atoms with Crippen LogP contribution in [0.15, 0.2) is 48.5 Å². The molecule has 0 saturated carbocycles. The van der Waals surface area contributed by atoms with Gasteiger partial charge in [-0.25, -0.2) is 0 Å². The summed E-state index contributed by atoms with van der Waals surface area (Å²) >= 11 is 6.19. The molecule has 1 aliphatic heterocycles. The second kappa shape index (κ2) is 15.1. The Hall–Kier alpha value is -3.57. The molecule has 8 nitrogen and oxygen atoms in total. The molecular weight excluding hydrogens is 516 g/mol. The Labute approximate surface area is 235 Å². The summed E-state index contributed by atoms with van der Waals surface area (Å²) in [5, 5.41) is 18.3. The quantitative estimate of drug-likeness (QED) is 0.530. The Morgan fingerprint density at radius 3 is 2.56 bits per heavy atom. The van der Waals surface area contributed by atoms with Crippen LogP contribution < -0.4 is 20.7 Å². The van der Waals surface area contributed by atoms with E-state index in [2.05, 4.69) is 16.0 Å². The number of benzene rings is 2. The Kier molecular flexibility index (Phi) is 11.6. The lowest BCUT2D eigenvalue weighted by Crippen LogP contribution is -2.56. The summed E-state index contributed by atoms with van der Waals surface area (Å²) in [7, 11) is 0. The molecule has 0 spiro atoms. The van der Waals surface area contributed by atoms with Crippen molar-refractivity contribution in [3.63, 3.8) is 0 Å². The molecule has 208 valence electrons. The highest BCUT2D eigenvalue weighted by Crippen LogP contribution is 2.22. The number of para-hydroxylation sites is 1. The van der Waals surface area contributed by atoms with Gasteiger partial charge in [-0.15, -0.1) is 0 Å². The summed E-state index contributed by atoms with van der Waals surface area (Å²) < 4.78 is 6.09. The van der Waals surface area contributed by atoms with Crippen molar-refractivity contribution in [1.29, 1.82) is 5.26 Å². The summed E-state index contributed by atoms with van der Waals surface area (Å²) in [6.45, 7) is 4.48. The second-order valence-electron chi connectivity index (χ2n) is 10.2. The molecule has 1 heterocycles. The largest absolute Gasteiger partial charge is 0.493 e. The van der Waals surface area contributed by atoms with Crippen molar-refractivity contribution in [2.75, 3.05) is 13.2 Å². The Balaban J connectivity index is 1.86. The van der Waals surface area contributed by atoms with Crippen LogP contribution >= 0.6 is 11.6 Å². The van der Waals surface area contributed by atoms with Gasteiger partial charge in [-0.1, -0.05) is 55.8 Å². The van der Waals surface area contributed by atoms with Crippen molar-refractivity contribution < 1.29 is 19.1 Å². The summed E-state index contributed by atoms with van der Waals surface area (Å²) in [6.07, 6.45) is 2.84. The van der Waals surface area contributed by atoms with Crippen molar-refractivity contribution in [2.24, 2.45) is 11.8 Å². The minimum Gasteiger partial charge on any atom is -0.493 e. The average Bonchev–Trinajstić information content (AvgIpc) is 2.90. The van der Waals surface area contributed by atoms with Crippen molar-refractivity contribution in [3.05, 3.63) is 64.7 Å².